The standard InChI is InChI=1S/C18H20N6O3/c1-13-8-14(2)23(21-13)11-15-4-3-5-16(9-15)18(25)19-6-7-22-12-17(10-20-22)24(26)27/h3-5,8-10,12H,6-7,11H2,1-2H3,(H,19,25). The van der Waals surface area contributed by atoms with E-state index in [-0.39, 0.29) is 11.6 Å². The fourth-order valence-corrected chi connectivity index (χ4v) is 2.77. The van der Waals surface area contributed by atoms with Crippen molar-refractivity contribution in [3.8, 4) is 0 Å². The van der Waals surface area contributed by atoms with Gasteiger partial charge < -0.3 is 5.32 Å². The van der Waals surface area contributed by atoms with Crippen molar-refractivity contribution in [3.05, 3.63) is 75.4 Å². The number of nitrogens with zero attached hydrogens (tertiary/aromatic N) is 5. The zero-order valence-electron chi connectivity index (χ0n) is 15.1. The van der Waals surface area contributed by atoms with E-state index >= 15 is 0 Å². The molecule has 2 aromatic heterocycles. The van der Waals surface area contributed by atoms with Gasteiger partial charge in [0, 0.05) is 17.8 Å². The number of amides is 1. The number of aromatic nitrogens is 4. The first-order valence-corrected chi connectivity index (χ1v) is 8.47. The number of rotatable bonds is 7. The number of benzene rings is 1. The van der Waals surface area contributed by atoms with E-state index in [9.17, 15) is 14.9 Å². The number of aryl methyl sites for hydroxylation is 2. The highest BCUT2D eigenvalue weighted by Crippen LogP contribution is 2.10. The van der Waals surface area contributed by atoms with Gasteiger partial charge in [0.15, 0.2) is 0 Å². The molecule has 0 atom stereocenters. The molecule has 1 amide bonds. The van der Waals surface area contributed by atoms with Gasteiger partial charge in [0.25, 0.3) is 5.91 Å². The van der Waals surface area contributed by atoms with Crippen LogP contribution in [0.3, 0.4) is 0 Å². The average molecular weight is 368 g/mol. The van der Waals surface area contributed by atoms with Crippen molar-refractivity contribution in [2.24, 2.45) is 0 Å². The number of carbonyl (C=O) groups excluding carboxylic acids is 1. The fraction of sp³-hybridized carbons (Fsp3) is 0.278. The summed E-state index contributed by atoms with van der Waals surface area (Å²) in [6.45, 7) is 5.21. The van der Waals surface area contributed by atoms with E-state index in [4.69, 9.17) is 0 Å². The van der Waals surface area contributed by atoms with Gasteiger partial charge in [-0.15, -0.1) is 0 Å². The van der Waals surface area contributed by atoms with Crippen LogP contribution in [-0.4, -0.2) is 36.9 Å². The summed E-state index contributed by atoms with van der Waals surface area (Å²) in [5, 5.41) is 21.8. The Morgan fingerprint density at radius 1 is 1.30 bits per heavy atom. The van der Waals surface area contributed by atoms with Crippen LogP contribution in [0.15, 0.2) is 42.7 Å². The minimum absolute atomic E-state index is 0.0711. The van der Waals surface area contributed by atoms with Crippen LogP contribution in [-0.2, 0) is 13.1 Å². The molecule has 9 heteroatoms. The zero-order chi connectivity index (χ0) is 19.4. The summed E-state index contributed by atoms with van der Waals surface area (Å²) >= 11 is 0. The van der Waals surface area contributed by atoms with Crippen molar-refractivity contribution < 1.29 is 9.72 Å². The molecule has 1 N–H and O–H groups in total. The molecule has 0 aliphatic carbocycles. The Kier molecular flexibility index (Phi) is 5.30. The summed E-state index contributed by atoms with van der Waals surface area (Å²) in [4.78, 5) is 22.5. The molecule has 0 saturated carbocycles. The van der Waals surface area contributed by atoms with Gasteiger partial charge in [-0.05, 0) is 37.6 Å². The van der Waals surface area contributed by atoms with Gasteiger partial charge in [-0.2, -0.15) is 10.2 Å². The third-order valence-corrected chi connectivity index (χ3v) is 4.08. The minimum atomic E-state index is -0.504. The predicted molar refractivity (Wildman–Crippen MR) is 98.5 cm³/mol. The summed E-state index contributed by atoms with van der Waals surface area (Å²) in [7, 11) is 0. The lowest BCUT2D eigenvalue weighted by Gasteiger charge is -2.08. The molecule has 27 heavy (non-hydrogen) atoms. The first kappa shape index (κ1) is 18.3. The van der Waals surface area contributed by atoms with Crippen LogP contribution in [0.2, 0.25) is 0 Å². The molecule has 0 spiro atoms. The van der Waals surface area contributed by atoms with Gasteiger partial charge >= 0.3 is 5.69 Å². The van der Waals surface area contributed by atoms with Crippen LogP contribution in [0.5, 0.6) is 0 Å². The van der Waals surface area contributed by atoms with Gasteiger partial charge in [-0.25, -0.2) is 0 Å². The maximum atomic E-state index is 12.4. The third kappa shape index (κ3) is 4.57. The van der Waals surface area contributed by atoms with Crippen molar-refractivity contribution in [2.45, 2.75) is 26.9 Å². The van der Waals surface area contributed by atoms with Gasteiger partial charge in [-0.3, -0.25) is 24.3 Å². The monoisotopic (exact) mass is 368 g/mol. The highest BCUT2D eigenvalue weighted by atomic mass is 16.6. The summed E-state index contributed by atoms with van der Waals surface area (Å²) in [6, 6.07) is 9.39. The molecule has 0 aliphatic heterocycles. The molecule has 0 radical (unpaired) electrons. The van der Waals surface area contributed by atoms with Crippen molar-refractivity contribution >= 4 is 11.6 Å². The van der Waals surface area contributed by atoms with Gasteiger partial charge in [-0.1, -0.05) is 12.1 Å². The van der Waals surface area contributed by atoms with E-state index in [0.717, 1.165) is 17.0 Å². The van der Waals surface area contributed by atoms with Crippen LogP contribution >= 0.6 is 0 Å². The van der Waals surface area contributed by atoms with E-state index in [2.05, 4.69) is 15.5 Å². The lowest BCUT2D eigenvalue weighted by Crippen LogP contribution is -2.27. The van der Waals surface area contributed by atoms with Gasteiger partial charge in [0.05, 0.1) is 23.7 Å². The third-order valence-electron chi connectivity index (χ3n) is 4.08. The Labute approximate surface area is 155 Å². The van der Waals surface area contributed by atoms with Crippen molar-refractivity contribution in [3.63, 3.8) is 0 Å². The van der Waals surface area contributed by atoms with E-state index < -0.39 is 4.92 Å². The molecule has 2 heterocycles. The quantitative estimate of drug-likeness (QED) is 0.507. The number of hydrogen-bond acceptors (Lipinski definition) is 5. The molecule has 0 unspecified atom stereocenters. The second kappa shape index (κ2) is 7.81. The van der Waals surface area contributed by atoms with Gasteiger partial charge in [0.1, 0.15) is 12.4 Å². The Morgan fingerprint density at radius 2 is 2.11 bits per heavy atom. The highest BCUT2D eigenvalue weighted by molar-refractivity contribution is 5.94. The summed E-state index contributed by atoms with van der Waals surface area (Å²) in [5.41, 5.74) is 3.49. The Morgan fingerprint density at radius 3 is 2.78 bits per heavy atom. The molecule has 0 saturated heterocycles. The average Bonchev–Trinajstić information content (AvgIpc) is 3.22. The Balaban J connectivity index is 1.58. The molecular weight excluding hydrogens is 348 g/mol. The number of nitrogens with one attached hydrogen (secondary N) is 1. The maximum absolute atomic E-state index is 12.4. The zero-order valence-corrected chi connectivity index (χ0v) is 15.1. The number of carbonyl (C=O) groups is 1. The first-order chi connectivity index (χ1) is 12.9. The Bertz CT molecular complexity index is 975. The molecule has 9 nitrogen and oxygen atoms in total. The second-order valence-electron chi connectivity index (χ2n) is 6.26. The summed E-state index contributed by atoms with van der Waals surface area (Å²) in [6.07, 6.45) is 2.52. The van der Waals surface area contributed by atoms with Crippen molar-refractivity contribution in [1.29, 1.82) is 0 Å². The fourth-order valence-electron chi connectivity index (χ4n) is 2.77. The van der Waals surface area contributed by atoms with E-state index in [0.29, 0.717) is 25.2 Å². The van der Waals surface area contributed by atoms with E-state index in [1.165, 1.54) is 17.1 Å². The molecule has 0 bridgehead atoms. The second-order valence-corrected chi connectivity index (χ2v) is 6.26. The molecule has 0 aliphatic rings. The van der Waals surface area contributed by atoms with Crippen molar-refractivity contribution in [2.75, 3.05) is 6.54 Å². The van der Waals surface area contributed by atoms with Crippen molar-refractivity contribution in [1.82, 2.24) is 24.9 Å². The normalized spacial score (nSPS) is 10.7. The predicted octanol–water partition coefficient (Wildman–Crippen LogP) is 2.08. The lowest BCUT2D eigenvalue weighted by molar-refractivity contribution is -0.385. The SMILES string of the molecule is Cc1cc(C)n(Cc2cccc(C(=O)NCCn3cc([N+](=O)[O-])cn3)c2)n1. The maximum Gasteiger partial charge on any atom is 0.306 e. The summed E-state index contributed by atoms with van der Waals surface area (Å²) < 4.78 is 3.33. The summed E-state index contributed by atoms with van der Waals surface area (Å²) in [5.74, 6) is -0.202. The van der Waals surface area contributed by atoms with Crippen LogP contribution in [0.25, 0.3) is 0 Å². The molecule has 1 aromatic carbocycles. The van der Waals surface area contributed by atoms with Crippen LogP contribution in [0.1, 0.15) is 27.3 Å². The molecule has 3 rings (SSSR count). The van der Waals surface area contributed by atoms with Crippen LogP contribution < -0.4 is 5.32 Å². The first-order valence-electron chi connectivity index (χ1n) is 8.47. The molecule has 140 valence electrons. The number of nitro groups is 1. The largest absolute Gasteiger partial charge is 0.350 e. The minimum Gasteiger partial charge on any atom is -0.350 e. The lowest BCUT2D eigenvalue weighted by atomic mass is 10.1. The topological polar surface area (TPSA) is 108 Å². The number of hydrogen-bond donors (Lipinski definition) is 1. The smallest absolute Gasteiger partial charge is 0.306 e. The molecular formula is C18H20N6O3. The van der Waals surface area contributed by atoms with E-state index in [1.807, 2.05) is 42.8 Å². The molecule has 3 aromatic rings. The van der Waals surface area contributed by atoms with E-state index in [1.54, 1.807) is 6.07 Å². The highest BCUT2D eigenvalue weighted by Gasteiger charge is 2.10. The molecule has 0 fully saturated rings. The van der Waals surface area contributed by atoms with Crippen LogP contribution in [0.4, 0.5) is 5.69 Å². The van der Waals surface area contributed by atoms with Crippen LogP contribution in [0, 0.1) is 24.0 Å². The van der Waals surface area contributed by atoms with Gasteiger partial charge in [0.2, 0.25) is 0 Å². The Hall–Kier alpha value is -3.49.